The minimum Gasteiger partial charge on any atom is -0.457 e. The molecule has 94 valence electrons. The largest absolute Gasteiger partial charge is 0.457 e. The maximum Gasteiger partial charge on any atom is 0.127 e. The number of para-hydroxylation sites is 1. The van der Waals surface area contributed by atoms with Gasteiger partial charge in [-0.25, -0.2) is 0 Å². The number of benzene rings is 2. The lowest BCUT2D eigenvalue weighted by molar-refractivity contribution is 0.208. The van der Waals surface area contributed by atoms with Crippen LogP contribution in [0.5, 0.6) is 11.5 Å². The van der Waals surface area contributed by atoms with E-state index in [9.17, 15) is 5.11 Å². The van der Waals surface area contributed by atoms with Crippen LogP contribution in [0.25, 0.3) is 0 Å². The molecule has 0 saturated carbocycles. The molecular weight excluding hydrogens is 226 g/mol. The molecule has 0 bridgehead atoms. The number of nitrogens with one attached hydrogen (secondary N) is 1. The van der Waals surface area contributed by atoms with Crippen LogP contribution in [-0.2, 0) is 0 Å². The van der Waals surface area contributed by atoms with Gasteiger partial charge in [0, 0.05) is 12.2 Å². The predicted molar refractivity (Wildman–Crippen MR) is 73.1 cm³/mol. The van der Waals surface area contributed by atoms with E-state index in [1.807, 2.05) is 54.6 Å². The summed E-state index contributed by atoms with van der Waals surface area (Å²) in [5, 5.41) is 12.3. The molecule has 0 aromatic heterocycles. The number of aliphatic hydroxyl groups excluding tert-OH is 1. The SMILES string of the molecule is CC(O)CNc1ccc(Oc2ccccc2)cc1. The average molecular weight is 243 g/mol. The Labute approximate surface area is 107 Å². The second kappa shape index (κ2) is 6.07. The Hall–Kier alpha value is -2.00. The van der Waals surface area contributed by atoms with Gasteiger partial charge in [0.25, 0.3) is 0 Å². The Kier molecular flexibility index (Phi) is 4.20. The molecule has 0 aliphatic heterocycles. The monoisotopic (exact) mass is 243 g/mol. The third-order valence-electron chi connectivity index (χ3n) is 2.43. The van der Waals surface area contributed by atoms with Crippen molar-refractivity contribution in [1.29, 1.82) is 0 Å². The third kappa shape index (κ3) is 3.79. The molecule has 1 atom stereocenters. The van der Waals surface area contributed by atoms with Crippen molar-refractivity contribution in [2.75, 3.05) is 11.9 Å². The minimum atomic E-state index is -0.356. The zero-order chi connectivity index (χ0) is 12.8. The molecule has 18 heavy (non-hydrogen) atoms. The molecule has 0 heterocycles. The zero-order valence-corrected chi connectivity index (χ0v) is 10.3. The second-order valence-corrected chi connectivity index (χ2v) is 4.17. The summed E-state index contributed by atoms with van der Waals surface area (Å²) in [6.45, 7) is 2.29. The highest BCUT2D eigenvalue weighted by Gasteiger charge is 1.98. The van der Waals surface area contributed by atoms with Gasteiger partial charge >= 0.3 is 0 Å². The topological polar surface area (TPSA) is 41.5 Å². The van der Waals surface area contributed by atoms with Crippen molar-refractivity contribution in [3.8, 4) is 11.5 Å². The Morgan fingerprint density at radius 2 is 1.61 bits per heavy atom. The number of ether oxygens (including phenoxy) is 1. The van der Waals surface area contributed by atoms with Crippen molar-refractivity contribution < 1.29 is 9.84 Å². The lowest BCUT2D eigenvalue weighted by Crippen LogP contribution is -2.15. The fraction of sp³-hybridized carbons (Fsp3) is 0.200. The smallest absolute Gasteiger partial charge is 0.127 e. The van der Waals surface area contributed by atoms with Gasteiger partial charge in [0.1, 0.15) is 11.5 Å². The van der Waals surface area contributed by atoms with E-state index >= 15 is 0 Å². The van der Waals surface area contributed by atoms with Gasteiger partial charge in [0.2, 0.25) is 0 Å². The van der Waals surface area contributed by atoms with Gasteiger partial charge in [0.05, 0.1) is 6.10 Å². The first-order chi connectivity index (χ1) is 8.74. The summed E-state index contributed by atoms with van der Waals surface area (Å²) >= 11 is 0. The molecule has 0 aliphatic rings. The molecule has 0 radical (unpaired) electrons. The van der Waals surface area contributed by atoms with Crippen molar-refractivity contribution in [3.63, 3.8) is 0 Å². The fourth-order valence-corrected chi connectivity index (χ4v) is 1.53. The highest BCUT2D eigenvalue weighted by atomic mass is 16.5. The van der Waals surface area contributed by atoms with Gasteiger partial charge in [-0.1, -0.05) is 18.2 Å². The van der Waals surface area contributed by atoms with Crippen molar-refractivity contribution in [3.05, 3.63) is 54.6 Å². The first kappa shape index (κ1) is 12.5. The van der Waals surface area contributed by atoms with E-state index in [2.05, 4.69) is 5.32 Å². The highest BCUT2D eigenvalue weighted by Crippen LogP contribution is 2.22. The van der Waals surface area contributed by atoms with Gasteiger partial charge in [-0.2, -0.15) is 0 Å². The van der Waals surface area contributed by atoms with Gasteiger partial charge in [0.15, 0.2) is 0 Å². The quantitative estimate of drug-likeness (QED) is 0.846. The van der Waals surface area contributed by atoms with Crippen molar-refractivity contribution >= 4 is 5.69 Å². The maximum atomic E-state index is 9.18. The fourth-order valence-electron chi connectivity index (χ4n) is 1.53. The van der Waals surface area contributed by atoms with Crippen LogP contribution < -0.4 is 10.1 Å². The van der Waals surface area contributed by atoms with Crippen LogP contribution in [0.15, 0.2) is 54.6 Å². The van der Waals surface area contributed by atoms with Crippen LogP contribution in [0.4, 0.5) is 5.69 Å². The first-order valence-electron chi connectivity index (χ1n) is 5.99. The van der Waals surface area contributed by atoms with Crippen LogP contribution in [0.3, 0.4) is 0 Å². The third-order valence-corrected chi connectivity index (χ3v) is 2.43. The van der Waals surface area contributed by atoms with Crippen LogP contribution in [-0.4, -0.2) is 17.8 Å². The number of anilines is 1. The summed E-state index contributed by atoms with van der Waals surface area (Å²) in [5.74, 6) is 1.62. The average Bonchev–Trinajstić information content (AvgIpc) is 2.39. The molecule has 2 N–H and O–H groups in total. The molecular formula is C15H17NO2. The molecule has 2 rings (SSSR count). The lowest BCUT2D eigenvalue weighted by atomic mass is 10.3. The number of rotatable bonds is 5. The van der Waals surface area contributed by atoms with Crippen molar-refractivity contribution in [2.45, 2.75) is 13.0 Å². The Balaban J connectivity index is 1.95. The minimum absolute atomic E-state index is 0.356. The van der Waals surface area contributed by atoms with E-state index in [4.69, 9.17) is 4.74 Å². The standard InChI is InChI=1S/C15H17NO2/c1-12(17)11-16-13-7-9-15(10-8-13)18-14-5-3-2-4-6-14/h2-10,12,16-17H,11H2,1H3. The molecule has 2 aromatic carbocycles. The van der Waals surface area contributed by atoms with E-state index in [0.717, 1.165) is 17.2 Å². The Bertz CT molecular complexity index is 466. The lowest BCUT2D eigenvalue weighted by Gasteiger charge is -2.09. The second-order valence-electron chi connectivity index (χ2n) is 4.17. The maximum absolute atomic E-state index is 9.18. The molecule has 1 unspecified atom stereocenters. The summed E-state index contributed by atoms with van der Waals surface area (Å²) in [6.07, 6.45) is -0.356. The number of aliphatic hydroxyl groups is 1. The molecule has 0 amide bonds. The number of hydrogen-bond donors (Lipinski definition) is 2. The molecule has 3 nitrogen and oxygen atoms in total. The van der Waals surface area contributed by atoms with Crippen molar-refractivity contribution in [2.24, 2.45) is 0 Å². The van der Waals surface area contributed by atoms with Gasteiger partial charge in [-0.3, -0.25) is 0 Å². The summed E-state index contributed by atoms with van der Waals surface area (Å²) in [7, 11) is 0. The first-order valence-corrected chi connectivity index (χ1v) is 5.99. The van der Waals surface area contributed by atoms with Crippen LogP contribution >= 0.6 is 0 Å². The van der Waals surface area contributed by atoms with Crippen molar-refractivity contribution in [1.82, 2.24) is 0 Å². The van der Waals surface area contributed by atoms with E-state index in [1.54, 1.807) is 6.92 Å². The van der Waals surface area contributed by atoms with Gasteiger partial charge < -0.3 is 15.2 Å². The normalized spacial score (nSPS) is 11.9. The van der Waals surface area contributed by atoms with E-state index in [-0.39, 0.29) is 6.10 Å². The molecule has 2 aromatic rings. The molecule has 0 spiro atoms. The predicted octanol–water partition coefficient (Wildman–Crippen LogP) is 3.27. The van der Waals surface area contributed by atoms with Crippen LogP contribution in [0, 0.1) is 0 Å². The van der Waals surface area contributed by atoms with E-state index < -0.39 is 0 Å². The molecule has 0 aliphatic carbocycles. The molecule has 0 saturated heterocycles. The summed E-state index contributed by atoms with van der Waals surface area (Å²) < 4.78 is 5.68. The number of hydrogen-bond acceptors (Lipinski definition) is 3. The zero-order valence-electron chi connectivity index (χ0n) is 10.3. The van der Waals surface area contributed by atoms with Gasteiger partial charge in [-0.15, -0.1) is 0 Å². The van der Waals surface area contributed by atoms with E-state index in [1.165, 1.54) is 0 Å². The molecule has 3 heteroatoms. The Morgan fingerprint density at radius 3 is 2.22 bits per heavy atom. The highest BCUT2D eigenvalue weighted by molar-refractivity contribution is 5.47. The van der Waals surface area contributed by atoms with Gasteiger partial charge in [-0.05, 0) is 43.3 Å². The molecule has 0 fully saturated rings. The Morgan fingerprint density at radius 1 is 1.00 bits per heavy atom. The summed E-state index contributed by atoms with van der Waals surface area (Å²) in [4.78, 5) is 0. The summed E-state index contributed by atoms with van der Waals surface area (Å²) in [5.41, 5.74) is 0.969. The van der Waals surface area contributed by atoms with Crippen LogP contribution in [0.2, 0.25) is 0 Å². The van der Waals surface area contributed by atoms with E-state index in [0.29, 0.717) is 6.54 Å². The van der Waals surface area contributed by atoms with Crippen LogP contribution in [0.1, 0.15) is 6.92 Å². The summed E-state index contributed by atoms with van der Waals surface area (Å²) in [6, 6.07) is 17.3.